The quantitative estimate of drug-likeness (QED) is 0.427. The molecular formula is C34H42N6O4. The van der Waals surface area contributed by atoms with Gasteiger partial charge in [0.15, 0.2) is 0 Å². The monoisotopic (exact) mass is 598 g/mol. The van der Waals surface area contributed by atoms with Gasteiger partial charge in [-0.1, -0.05) is 0 Å². The molecule has 2 aromatic rings. The van der Waals surface area contributed by atoms with E-state index in [4.69, 9.17) is 0 Å². The first-order chi connectivity index (χ1) is 21.2. The molecule has 0 atom stereocenters. The molecule has 2 aliphatic carbocycles. The topological polar surface area (TPSA) is 87.7 Å². The number of piperazine rings is 2. The fraction of sp³-hybridized carbons (Fsp3) is 0.588. The second-order valence-corrected chi connectivity index (χ2v) is 14.6. The molecule has 10 heteroatoms. The van der Waals surface area contributed by atoms with Crippen molar-refractivity contribution >= 4 is 34.4 Å². The first-order valence-corrected chi connectivity index (χ1v) is 16.3. The van der Waals surface area contributed by atoms with E-state index in [1.165, 1.54) is 9.80 Å². The molecule has 0 aromatic heterocycles. The van der Waals surface area contributed by atoms with Gasteiger partial charge in [0, 0.05) is 122 Å². The lowest BCUT2D eigenvalue weighted by atomic mass is 9.85. The van der Waals surface area contributed by atoms with Gasteiger partial charge in [0.05, 0.1) is 0 Å². The molecular weight excluding hydrogens is 556 g/mol. The second-order valence-electron chi connectivity index (χ2n) is 14.6. The summed E-state index contributed by atoms with van der Waals surface area (Å²) < 4.78 is 0. The Hall–Kier alpha value is -3.18. The van der Waals surface area contributed by atoms with Crippen molar-refractivity contribution in [1.29, 1.82) is 0 Å². The highest BCUT2D eigenvalue weighted by Gasteiger charge is 2.51. The number of carbonyl (C=O) groups is 4. The zero-order valence-electron chi connectivity index (χ0n) is 25.9. The van der Waals surface area contributed by atoms with E-state index >= 15 is 0 Å². The molecule has 4 aliphatic heterocycles. The third-order valence-electron chi connectivity index (χ3n) is 11.3. The maximum Gasteiger partial charge on any atom is 0.261 e. The molecule has 0 unspecified atom stereocenters. The maximum absolute atomic E-state index is 13.9. The average molecular weight is 599 g/mol. The fourth-order valence-corrected chi connectivity index (χ4v) is 7.98. The third-order valence-corrected chi connectivity index (χ3v) is 11.3. The zero-order chi connectivity index (χ0) is 30.4. The van der Waals surface area contributed by atoms with Crippen LogP contribution in [-0.2, 0) is 0 Å². The van der Waals surface area contributed by atoms with E-state index in [1.54, 1.807) is 24.3 Å². The van der Waals surface area contributed by atoms with Gasteiger partial charge >= 0.3 is 0 Å². The highest BCUT2D eigenvalue weighted by molar-refractivity contribution is 6.33. The number of imide groups is 2. The summed E-state index contributed by atoms with van der Waals surface area (Å²) in [5, 5.41) is 0.935. The number of benzene rings is 2. The molecule has 232 valence electrons. The largest absolute Gasteiger partial charge is 0.304 e. The Bertz CT molecular complexity index is 1390. The van der Waals surface area contributed by atoms with Gasteiger partial charge in [-0.15, -0.1) is 0 Å². The van der Waals surface area contributed by atoms with Crippen LogP contribution in [0.2, 0.25) is 0 Å². The minimum Gasteiger partial charge on any atom is -0.304 e. The summed E-state index contributed by atoms with van der Waals surface area (Å²) in [5.41, 5.74) is 1.55. The van der Waals surface area contributed by atoms with E-state index in [9.17, 15) is 19.2 Å². The third kappa shape index (κ3) is 4.69. The van der Waals surface area contributed by atoms with E-state index in [0.717, 1.165) is 91.1 Å². The van der Waals surface area contributed by atoms with Crippen LogP contribution in [0.25, 0.3) is 10.8 Å². The van der Waals surface area contributed by atoms with Crippen LogP contribution in [-0.4, -0.2) is 146 Å². The highest BCUT2D eigenvalue weighted by Crippen LogP contribution is 2.50. The van der Waals surface area contributed by atoms with Crippen molar-refractivity contribution in [2.45, 2.75) is 25.7 Å². The number of carbonyl (C=O) groups excluding carboxylic acids is 4. The average Bonchev–Trinajstić information content (AvgIpc) is 3.96. The van der Waals surface area contributed by atoms with E-state index in [-0.39, 0.29) is 34.5 Å². The van der Waals surface area contributed by atoms with Crippen molar-refractivity contribution in [3.8, 4) is 0 Å². The number of amides is 4. The number of hydrogen-bond acceptors (Lipinski definition) is 8. The normalized spacial score (nSPS) is 25.3. The molecule has 2 aromatic carbocycles. The lowest BCUT2D eigenvalue weighted by Gasteiger charge is -2.38. The van der Waals surface area contributed by atoms with Gasteiger partial charge in [0.25, 0.3) is 23.6 Å². The molecule has 4 heterocycles. The van der Waals surface area contributed by atoms with Crippen molar-refractivity contribution in [3.05, 3.63) is 46.5 Å². The molecule has 8 rings (SSSR count). The number of rotatable bonds is 8. The van der Waals surface area contributed by atoms with Gasteiger partial charge in [-0.3, -0.25) is 29.0 Å². The lowest BCUT2D eigenvalue weighted by Crippen LogP contribution is -2.50. The maximum atomic E-state index is 13.9. The van der Waals surface area contributed by atoms with Gasteiger partial charge in [0.2, 0.25) is 0 Å². The van der Waals surface area contributed by atoms with Crippen LogP contribution >= 0.6 is 0 Å². The predicted molar refractivity (Wildman–Crippen MR) is 166 cm³/mol. The van der Waals surface area contributed by atoms with E-state index in [1.807, 2.05) is 0 Å². The predicted octanol–water partition coefficient (Wildman–Crippen LogP) is 2.09. The Labute approximate surface area is 258 Å². The summed E-state index contributed by atoms with van der Waals surface area (Å²) in [7, 11) is 4.28. The number of hydrogen-bond donors (Lipinski definition) is 0. The Morgan fingerprint density at radius 2 is 0.773 bits per heavy atom. The standard InChI is InChI=1S/C34H42N6O4/c1-35-11-15-37(16-12-35)19-33(7-8-33)21-39-29(41)23-3-5-25-28-26(6-4-24(27(23)28)30(39)42)32(44)40(31(25)43)22-34(9-10-34)20-38-17-13-36(2)14-18-38/h3-6H,7-22H2,1-2H3. The van der Waals surface area contributed by atoms with Crippen LogP contribution < -0.4 is 0 Å². The molecule has 10 nitrogen and oxygen atoms in total. The van der Waals surface area contributed by atoms with Crippen molar-refractivity contribution in [2.24, 2.45) is 10.8 Å². The van der Waals surface area contributed by atoms with Gasteiger partial charge in [-0.2, -0.15) is 0 Å². The molecule has 44 heavy (non-hydrogen) atoms. The van der Waals surface area contributed by atoms with Crippen LogP contribution in [0.5, 0.6) is 0 Å². The number of likely N-dealkylation sites (N-methyl/N-ethyl adjacent to an activating group) is 2. The van der Waals surface area contributed by atoms with Crippen LogP contribution in [0.15, 0.2) is 24.3 Å². The summed E-state index contributed by atoms with van der Waals surface area (Å²) in [6.45, 7) is 10.7. The van der Waals surface area contributed by atoms with E-state index in [2.05, 4.69) is 33.7 Å². The van der Waals surface area contributed by atoms with Crippen molar-refractivity contribution < 1.29 is 19.2 Å². The van der Waals surface area contributed by atoms with E-state index in [0.29, 0.717) is 46.1 Å². The molecule has 2 saturated heterocycles. The molecule has 2 saturated carbocycles. The molecule has 0 radical (unpaired) electrons. The SMILES string of the molecule is CN1CCN(CC2(CN3C(=O)c4ccc5c6c(ccc(c46)C3=O)C(=O)N(CC3(CN4CCN(C)CC4)CC3)C5=O)CC2)CC1. The Morgan fingerprint density at radius 3 is 1.05 bits per heavy atom. The van der Waals surface area contributed by atoms with Crippen LogP contribution in [0, 0.1) is 10.8 Å². The molecule has 0 N–H and O–H groups in total. The van der Waals surface area contributed by atoms with Gasteiger partial charge < -0.3 is 19.6 Å². The minimum atomic E-state index is -0.317. The first kappa shape index (κ1) is 28.3. The van der Waals surface area contributed by atoms with Crippen molar-refractivity contribution in [2.75, 3.05) is 92.6 Å². The zero-order valence-corrected chi connectivity index (χ0v) is 25.9. The Balaban J connectivity index is 1.04. The molecule has 6 aliphatic rings. The van der Waals surface area contributed by atoms with Gasteiger partial charge in [0.1, 0.15) is 0 Å². The molecule has 0 bridgehead atoms. The van der Waals surface area contributed by atoms with Gasteiger partial charge in [-0.05, 0) is 64.0 Å². The minimum absolute atomic E-state index is 0.0571. The van der Waals surface area contributed by atoms with Crippen molar-refractivity contribution in [3.63, 3.8) is 0 Å². The summed E-state index contributed by atoms with van der Waals surface area (Å²) in [6, 6.07) is 6.82. The smallest absolute Gasteiger partial charge is 0.261 e. The van der Waals surface area contributed by atoms with Crippen LogP contribution in [0.4, 0.5) is 0 Å². The summed E-state index contributed by atoms with van der Waals surface area (Å²) in [6.07, 6.45) is 4.02. The molecule has 0 spiro atoms. The number of nitrogens with zero attached hydrogens (tertiary/aromatic N) is 6. The van der Waals surface area contributed by atoms with E-state index < -0.39 is 0 Å². The summed E-state index contributed by atoms with van der Waals surface area (Å²) in [5.74, 6) is -1.27. The molecule has 4 fully saturated rings. The Morgan fingerprint density at radius 1 is 0.477 bits per heavy atom. The highest BCUT2D eigenvalue weighted by atomic mass is 16.2. The summed E-state index contributed by atoms with van der Waals surface area (Å²) in [4.78, 5) is 68.1. The van der Waals surface area contributed by atoms with Gasteiger partial charge in [-0.25, -0.2) is 0 Å². The van der Waals surface area contributed by atoms with Crippen LogP contribution in [0.1, 0.15) is 67.1 Å². The fourth-order valence-electron chi connectivity index (χ4n) is 7.98. The van der Waals surface area contributed by atoms with Crippen molar-refractivity contribution in [1.82, 2.24) is 29.4 Å². The second kappa shape index (κ2) is 10.2. The Kier molecular flexibility index (Phi) is 6.54. The first-order valence-electron chi connectivity index (χ1n) is 16.3. The molecule has 4 amide bonds. The summed E-state index contributed by atoms with van der Waals surface area (Å²) >= 11 is 0. The lowest BCUT2D eigenvalue weighted by molar-refractivity contribution is 0.0523. The van der Waals surface area contributed by atoms with Crippen LogP contribution in [0.3, 0.4) is 0 Å².